The molecule has 34 heavy (non-hydrogen) atoms. The minimum absolute atomic E-state index is 0.149. The Morgan fingerprint density at radius 2 is 1.82 bits per heavy atom. The maximum absolute atomic E-state index is 12.9. The van der Waals surface area contributed by atoms with Gasteiger partial charge in [0.15, 0.2) is 0 Å². The van der Waals surface area contributed by atoms with Crippen LogP contribution in [-0.4, -0.2) is 35.9 Å². The number of carbonyl (C=O) groups excluding carboxylic acids is 1. The van der Waals surface area contributed by atoms with Crippen LogP contribution in [0.4, 0.5) is 4.39 Å². The van der Waals surface area contributed by atoms with Gasteiger partial charge < -0.3 is 10.3 Å². The molecule has 0 aliphatic carbocycles. The summed E-state index contributed by atoms with van der Waals surface area (Å²) in [6, 6.07) is 26.8. The number of likely N-dealkylation sites (tertiary alicyclic amines) is 1. The lowest BCUT2D eigenvalue weighted by Gasteiger charge is -2.14. The van der Waals surface area contributed by atoms with Crippen LogP contribution >= 0.6 is 0 Å². The van der Waals surface area contributed by atoms with E-state index in [1.54, 1.807) is 19.2 Å². The van der Waals surface area contributed by atoms with Crippen LogP contribution in [0.3, 0.4) is 0 Å². The van der Waals surface area contributed by atoms with Gasteiger partial charge in [-0.2, -0.15) is 5.26 Å². The second-order valence-corrected chi connectivity index (χ2v) is 8.41. The maximum Gasteiger partial charge on any atom is 0.267 e. The highest BCUT2D eigenvalue weighted by Crippen LogP contribution is 2.25. The number of carbonyl (C=O) groups is 1. The molecule has 0 bridgehead atoms. The van der Waals surface area contributed by atoms with Gasteiger partial charge in [0.25, 0.3) is 5.91 Å². The Labute approximate surface area is 198 Å². The van der Waals surface area contributed by atoms with Crippen molar-refractivity contribution < 1.29 is 9.18 Å². The zero-order valence-corrected chi connectivity index (χ0v) is 19.1. The van der Waals surface area contributed by atoms with Gasteiger partial charge in [0.2, 0.25) is 0 Å². The highest BCUT2D eigenvalue weighted by molar-refractivity contribution is 5.98. The molecule has 1 unspecified atom stereocenters. The van der Waals surface area contributed by atoms with E-state index < -0.39 is 0 Å². The molecule has 0 radical (unpaired) electrons. The molecule has 1 atom stereocenters. The molecular weight excluding hydrogens is 427 g/mol. The fourth-order valence-corrected chi connectivity index (χ4v) is 4.13. The van der Waals surface area contributed by atoms with Gasteiger partial charge in [-0.1, -0.05) is 54.6 Å². The predicted octanol–water partition coefficient (Wildman–Crippen LogP) is 5.37. The number of nitrogens with zero attached hydrogens (tertiary/aromatic N) is 2. The van der Waals surface area contributed by atoms with Gasteiger partial charge >= 0.3 is 0 Å². The van der Waals surface area contributed by atoms with Gasteiger partial charge in [0, 0.05) is 31.0 Å². The summed E-state index contributed by atoms with van der Waals surface area (Å²) in [5.41, 5.74) is 4.66. The van der Waals surface area contributed by atoms with E-state index in [9.17, 15) is 9.18 Å². The van der Waals surface area contributed by atoms with E-state index in [-0.39, 0.29) is 17.6 Å². The molecule has 5 nitrogen and oxygen atoms in total. The van der Waals surface area contributed by atoms with Crippen LogP contribution < -0.4 is 5.32 Å². The van der Waals surface area contributed by atoms with E-state index >= 15 is 0 Å². The van der Waals surface area contributed by atoms with Crippen molar-refractivity contribution in [2.45, 2.75) is 13.0 Å². The molecule has 3 aromatic carbocycles. The zero-order chi connectivity index (χ0) is 23.9. The summed E-state index contributed by atoms with van der Waals surface area (Å²) < 4.78 is 12.9. The number of aromatic amines is 1. The molecule has 172 valence electrons. The number of H-pyrrole nitrogens is 1. The third-order valence-corrected chi connectivity index (χ3v) is 5.98. The molecule has 5 rings (SSSR count). The monoisotopic (exact) mass is 454 g/mol. The Balaban J connectivity index is 0.000000172. The SMILES string of the molecule is CNC(=O)c1cc2ccc(-c3ccc(F)cc3)cc2[nH]1.N#CC1CCN(Cc2ccccc2)C1. The smallest absolute Gasteiger partial charge is 0.267 e. The van der Waals surface area contributed by atoms with Crippen LogP contribution in [0.5, 0.6) is 0 Å². The van der Waals surface area contributed by atoms with Crippen LogP contribution in [0.25, 0.3) is 22.0 Å². The number of benzene rings is 3. The van der Waals surface area contributed by atoms with Crippen molar-refractivity contribution in [2.24, 2.45) is 5.92 Å². The van der Waals surface area contributed by atoms with Crippen LogP contribution in [0.2, 0.25) is 0 Å². The van der Waals surface area contributed by atoms with E-state index in [0.717, 1.165) is 48.1 Å². The second-order valence-electron chi connectivity index (χ2n) is 8.41. The third-order valence-electron chi connectivity index (χ3n) is 5.98. The first-order valence-corrected chi connectivity index (χ1v) is 11.3. The molecule has 1 fully saturated rings. The van der Waals surface area contributed by atoms with Crippen molar-refractivity contribution in [3.05, 3.63) is 95.9 Å². The predicted molar refractivity (Wildman–Crippen MR) is 133 cm³/mol. The lowest BCUT2D eigenvalue weighted by Crippen LogP contribution is -2.19. The van der Waals surface area contributed by atoms with Crippen LogP contribution in [0, 0.1) is 23.1 Å². The summed E-state index contributed by atoms with van der Waals surface area (Å²) >= 11 is 0. The van der Waals surface area contributed by atoms with Crippen molar-refractivity contribution in [1.82, 2.24) is 15.2 Å². The van der Waals surface area contributed by atoms with Crippen molar-refractivity contribution in [3.63, 3.8) is 0 Å². The highest BCUT2D eigenvalue weighted by atomic mass is 19.1. The number of nitriles is 1. The summed E-state index contributed by atoms with van der Waals surface area (Å²) in [6.07, 6.45) is 1.03. The van der Waals surface area contributed by atoms with E-state index in [2.05, 4.69) is 45.5 Å². The van der Waals surface area contributed by atoms with Crippen molar-refractivity contribution in [1.29, 1.82) is 5.26 Å². The average molecular weight is 455 g/mol. The van der Waals surface area contributed by atoms with Gasteiger partial charge in [-0.25, -0.2) is 4.39 Å². The van der Waals surface area contributed by atoms with E-state index in [1.165, 1.54) is 17.7 Å². The molecule has 2 N–H and O–H groups in total. The molecular formula is C28H27FN4O. The van der Waals surface area contributed by atoms with Crippen molar-refractivity contribution in [2.75, 3.05) is 20.1 Å². The quantitative estimate of drug-likeness (QED) is 0.436. The molecule has 1 aromatic heterocycles. The lowest BCUT2D eigenvalue weighted by atomic mass is 10.0. The van der Waals surface area contributed by atoms with Crippen LogP contribution in [0.1, 0.15) is 22.5 Å². The van der Waals surface area contributed by atoms with Gasteiger partial charge in [-0.05, 0) is 53.9 Å². The summed E-state index contributed by atoms with van der Waals surface area (Å²) in [5, 5.41) is 12.3. The normalized spacial score (nSPS) is 15.4. The molecule has 4 aromatic rings. The molecule has 1 amide bonds. The average Bonchev–Trinajstić information content (AvgIpc) is 3.51. The van der Waals surface area contributed by atoms with Crippen molar-refractivity contribution in [3.8, 4) is 17.2 Å². The summed E-state index contributed by atoms with van der Waals surface area (Å²) in [6.45, 7) is 2.98. The summed E-state index contributed by atoms with van der Waals surface area (Å²) in [7, 11) is 1.60. The molecule has 0 spiro atoms. The number of rotatable bonds is 4. The number of fused-ring (bicyclic) bond motifs is 1. The largest absolute Gasteiger partial charge is 0.354 e. The Morgan fingerprint density at radius 1 is 1.09 bits per heavy atom. The Kier molecular flexibility index (Phi) is 7.36. The molecule has 6 heteroatoms. The Morgan fingerprint density at radius 3 is 2.50 bits per heavy atom. The number of aromatic nitrogens is 1. The molecule has 1 saturated heterocycles. The second kappa shape index (κ2) is 10.8. The van der Waals surface area contributed by atoms with Crippen LogP contribution in [0.15, 0.2) is 78.9 Å². The summed E-state index contributed by atoms with van der Waals surface area (Å²) in [4.78, 5) is 17.0. The first kappa shape index (κ1) is 23.2. The standard InChI is InChI=1S/C16H13FN2O.C12H14N2/c1-18-16(20)15-9-12-3-2-11(8-14(12)19-15)10-4-6-13(17)7-5-10;13-8-12-6-7-14(10-12)9-11-4-2-1-3-5-11/h2-9,19H,1H3,(H,18,20);1-5,12H,6-7,9-10H2. The number of hydrogen-bond donors (Lipinski definition) is 2. The van der Waals surface area contributed by atoms with E-state index in [1.807, 2.05) is 30.3 Å². The lowest BCUT2D eigenvalue weighted by molar-refractivity contribution is 0.0959. The molecule has 0 saturated carbocycles. The number of halogens is 1. The first-order valence-electron chi connectivity index (χ1n) is 11.3. The van der Waals surface area contributed by atoms with E-state index in [0.29, 0.717) is 5.69 Å². The zero-order valence-electron chi connectivity index (χ0n) is 19.1. The van der Waals surface area contributed by atoms with Gasteiger partial charge in [-0.15, -0.1) is 0 Å². The van der Waals surface area contributed by atoms with Gasteiger partial charge in [0.05, 0.1) is 12.0 Å². The Bertz CT molecular complexity index is 1290. The molecule has 1 aliphatic heterocycles. The van der Waals surface area contributed by atoms with Crippen molar-refractivity contribution >= 4 is 16.8 Å². The fraction of sp³-hybridized carbons (Fsp3) is 0.214. The van der Waals surface area contributed by atoms with Gasteiger partial charge in [-0.3, -0.25) is 9.69 Å². The minimum atomic E-state index is -0.253. The van der Waals surface area contributed by atoms with Crippen LogP contribution in [-0.2, 0) is 6.54 Å². The van der Waals surface area contributed by atoms with E-state index in [4.69, 9.17) is 5.26 Å². The topological polar surface area (TPSA) is 71.9 Å². The third kappa shape index (κ3) is 5.69. The number of hydrogen-bond acceptors (Lipinski definition) is 3. The number of nitrogens with one attached hydrogen (secondary N) is 2. The minimum Gasteiger partial charge on any atom is -0.354 e. The Hall–Kier alpha value is -3.95. The first-order chi connectivity index (χ1) is 16.6. The highest BCUT2D eigenvalue weighted by Gasteiger charge is 2.21. The maximum atomic E-state index is 12.9. The van der Waals surface area contributed by atoms with Gasteiger partial charge in [0.1, 0.15) is 11.5 Å². The summed E-state index contributed by atoms with van der Waals surface area (Å²) in [5.74, 6) is -0.153. The molecule has 2 heterocycles. The molecule has 1 aliphatic rings. The number of amides is 1. The fourth-order valence-electron chi connectivity index (χ4n) is 4.13.